The summed E-state index contributed by atoms with van der Waals surface area (Å²) in [5.41, 5.74) is 0. The fourth-order valence-electron chi connectivity index (χ4n) is 3.17. The summed E-state index contributed by atoms with van der Waals surface area (Å²) in [7, 11) is 0. The molecule has 0 aromatic rings. The smallest absolute Gasteiger partial charge is 0.0110 e. The maximum absolute atomic E-state index is 3.65. The standard InChI is InChI=1S/C13H26N2/c1-3-12-6-8-15(9-7-14-12)13-5-4-11(2)10-13/h11-14H,3-10H2,1-2H3. The Labute approximate surface area is 94.4 Å². The van der Waals surface area contributed by atoms with Gasteiger partial charge in [0.25, 0.3) is 0 Å². The molecule has 1 saturated heterocycles. The molecule has 1 aliphatic carbocycles. The third kappa shape index (κ3) is 2.94. The van der Waals surface area contributed by atoms with Crippen molar-refractivity contribution in [3.05, 3.63) is 0 Å². The van der Waals surface area contributed by atoms with E-state index >= 15 is 0 Å². The molecular weight excluding hydrogens is 184 g/mol. The van der Waals surface area contributed by atoms with Gasteiger partial charge in [-0.1, -0.05) is 13.8 Å². The van der Waals surface area contributed by atoms with Crippen LogP contribution in [0.2, 0.25) is 0 Å². The largest absolute Gasteiger partial charge is 0.313 e. The molecule has 2 rings (SSSR count). The Hall–Kier alpha value is -0.0800. The summed E-state index contributed by atoms with van der Waals surface area (Å²) in [6.07, 6.45) is 6.97. The monoisotopic (exact) mass is 210 g/mol. The number of rotatable bonds is 2. The van der Waals surface area contributed by atoms with E-state index in [1.54, 1.807) is 0 Å². The topological polar surface area (TPSA) is 15.3 Å². The quantitative estimate of drug-likeness (QED) is 0.752. The molecule has 0 spiro atoms. The predicted molar refractivity (Wildman–Crippen MR) is 65.1 cm³/mol. The van der Waals surface area contributed by atoms with Crippen LogP contribution in [0.4, 0.5) is 0 Å². The van der Waals surface area contributed by atoms with Crippen LogP contribution >= 0.6 is 0 Å². The number of nitrogens with one attached hydrogen (secondary N) is 1. The van der Waals surface area contributed by atoms with Crippen LogP contribution in [0.1, 0.15) is 46.0 Å². The molecule has 1 N–H and O–H groups in total. The SMILES string of the molecule is CCC1CCN(C2CCC(C)C2)CCN1. The van der Waals surface area contributed by atoms with E-state index < -0.39 is 0 Å². The lowest BCUT2D eigenvalue weighted by Gasteiger charge is -2.27. The normalized spacial score (nSPS) is 39.2. The molecule has 0 aromatic heterocycles. The van der Waals surface area contributed by atoms with E-state index in [1.807, 2.05) is 0 Å². The average molecular weight is 210 g/mol. The van der Waals surface area contributed by atoms with Crippen LogP contribution in [0.5, 0.6) is 0 Å². The Morgan fingerprint density at radius 2 is 2.07 bits per heavy atom. The van der Waals surface area contributed by atoms with Crippen molar-refractivity contribution in [3.8, 4) is 0 Å². The van der Waals surface area contributed by atoms with Gasteiger partial charge in [0.1, 0.15) is 0 Å². The van der Waals surface area contributed by atoms with Gasteiger partial charge in [-0.3, -0.25) is 4.90 Å². The highest BCUT2D eigenvalue weighted by molar-refractivity contribution is 4.84. The zero-order chi connectivity index (χ0) is 10.7. The van der Waals surface area contributed by atoms with Crippen molar-refractivity contribution in [1.82, 2.24) is 10.2 Å². The Morgan fingerprint density at radius 1 is 1.20 bits per heavy atom. The summed E-state index contributed by atoms with van der Waals surface area (Å²) in [5, 5.41) is 3.65. The van der Waals surface area contributed by atoms with Crippen LogP contribution in [-0.4, -0.2) is 36.6 Å². The average Bonchev–Trinajstić information content (AvgIpc) is 2.54. The molecule has 1 aliphatic heterocycles. The first-order valence-corrected chi connectivity index (χ1v) is 6.77. The molecule has 2 aliphatic rings. The summed E-state index contributed by atoms with van der Waals surface area (Å²) < 4.78 is 0. The van der Waals surface area contributed by atoms with Gasteiger partial charge < -0.3 is 5.32 Å². The van der Waals surface area contributed by atoms with Gasteiger partial charge in [-0.25, -0.2) is 0 Å². The van der Waals surface area contributed by atoms with Crippen molar-refractivity contribution in [1.29, 1.82) is 0 Å². The molecular formula is C13H26N2. The van der Waals surface area contributed by atoms with E-state index in [9.17, 15) is 0 Å². The van der Waals surface area contributed by atoms with Gasteiger partial charge in [-0.15, -0.1) is 0 Å². The first-order chi connectivity index (χ1) is 7.29. The van der Waals surface area contributed by atoms with Gasteiger partial charge in [0.15, 0.2) is 0 Å². The Bertz CT molecular complexity index is 193. The van der Waals surface area contributed by atoms with E-state index in [1.165, 1.54) is 51.7 Å². The molecule has 15 heavy (non-hydrogen) atoms. The van der Waals surface area contributed by atoms with Crippen LogP contribution in [0.3, 0.4) is 0 Å². The van der Waals surface area contributed by atoms with Gasteiger partial charge in [0.2, 0.25) is 0 Å². The van der Waals surface area contributed by atoms with E-state index in [4.69, 9.17) is 0 Å². The summed E-state index contributed by atoms with van der Waals surface area (Å²) in [4.78, 5) is 2.74. The second kappa shape index (κ2) is 5.31. The van der Waals surface area contributed by atoms with E-state index in [-0.39, 0.29) is 0 Å². The first kappa shape index (κ1) is 11.4. The molecule has 0 bridgehead atoms. The molecule has 1 heterocycles. The molecule has 2 heteroatoms. The van der Waals surface area contributed by atoms with Gasteiger partial charge in [-0.2, -0.15) is 0 Å². The minimum atomic E-state index is 0.772. The Balaban J connectivity index is 1.83. The van der Waals surface area contributed by atoms with Crippen molar-refractivity contribution >= 4 is 0 Å². The summed E-state index contributed by atoms with van der Waals surface area (Å²) in [6, 6.07) is 1.67. The third-order valence-corrected chi connectivity index (χ3v) is 4.27. The molecule has 2 fully saturated rings. The zero-order valence-electron chi connectivity index (χ0n) is 10.3. The van der Waals surface area contributed by atoms with E-state index in [0.29, 0.717) is 0 Å². The Kier molecular flexibility index (Phi) is 4.04. The first-order valence-electron chi connectivity index (χ1n) is 6.77. The summed E-state index contributed by atoms with van der Waals surface area (Å²) >= 11 is 0. The predicted octanol–water partition coefficient (Wildman–Crippen LogP) is 2.25. The van der Waals surface area contributed by atoms with Crippen molar-refractivity contribution in [3.63, 3.8) is 0 Å². The lowest BCUT2D eigenvalue weighted by molar-refractivity contribution is 0.207. The minimum Gasteiger partial charge on any atom is -0.313 e. The summed E-state index contributed by atoms with van der Waals surface area (Å²) in [6.45, 7) is 8.50. The highest BCUT2D eigenvalue weighted by Crippen LogP contribution is 2.29. The number of hydrogen-bond acceptors (Lipinski definition) is 2. The van der Waals surface area contributed by atoms with Crippen molar-refractivity contribution in [2.45, 2.75) is 58.0 Å². The van der Waals surface area contributed by atoms with Gasteiger partial charge in [0, 0.05) is 25.2 Å². The maximum atomic E-state index is 3.65. The molecule has 88 valence electrons. The second-order valence-corrected chi connectivity index (χ2v) is 5.46. The van der Waals surface area contributed by atoms with Crippen LogP contribution in [0.25, 0.3) is 0 Å². The summed E-state index contributed by atoms with van der Waals surface area (Å²) in [5.74, 6) is 0.966. The second-order valence-electron chi connectivity index (χ2n) is 5.46. The fourth-order valence-corrected chi connectivity index (χ4v) is 3.17. The van der Waals surface area contributed by atoms with Crippen LogP contribution in [0.15, 0.2) is 0 Å². The van der Waals surface area contributed by atoms with Crippen molar-refractivity contribution in [2.24, 2.45) is 5.92 Å². The van der Waals surface area contributed by atoms with E-state index in [0.717, 1.165) is 18.0 Å². The minimum absolute atomic E-state index is 0.772. The van der Waals surface area contributed by atoms with Crippen LogP contribution in [0, 0.1) is 5.92 Å². The lowest BCUT2D eigenvalue weighted by atomic mass is 10.1. The number of hydrogen-bond donors (Lipinski definition) is 1. The molecule has 2 nitrogen and oxygen atoms in total. The molecule has 0 aromatic carbocycles. The van der Waals surface area contributed by atoms with Crippen LogP contribution < -0.4 is 5.32 Å². The molecule has 0 radical (unpaired) electrons. The zero-order valence-corrected chi connectivity index (χ0v) is 10.3. The highest BCUT2D eigenvalue weighted by atomic mass is 15.2. The molecule has 3 atom stereocenters. The van der Waals surface area contributed by atoms with Crippen molar-refractivity contribution < 1.29 is 0 Å². The maximum Gasteiger partial charge on any atom is 0.0110 e. The van der Waals surface area contributed by atoms with Gasteiger partial charge in [-0.05, 0) is 44.6 Å². The van der Waals surface area contributed by atoms with Gasteiger partial charge >= 0.3 is 0 Å². The van der Waals surface area contributed by atoms with Gasteiger partial charge in [0.05, 0.1) is 0 Å². The molecule has 3 unspecified atom stereocenters. The molecule has 0 amide bonds. The fraction of sp³-hybridized carbons (Fsp3) is 1.00. The lowest BCUT2D eigenvalue weighted by Crippen LogP contribution is -2.36. The van der Waals surface area contributed by atoms with Crippen LogP contribution in [-0.2, 0) is 0 Å². The number of nitrogens with zero attached hydrogens (tertiary/aromatic N) is 1. The van der Waals surface area contributed by atoms with E-state index in [2.05, 4.69) is 24.1 Å². The Morgan fingerprint density at radius 3 is 2.73 bits per heavy atom. The molecule has 1 saturated carbocycles. The third-order valence-electron chi connectivity index (χ3n) is 4.27. The van der Waals surface area contributed by atoms with Crippen molar-refractivity contribution in [2.75, 3.05) is 19.6 Å². The highest BCUT2D eigenvalue weighted by Gasteiger charge is 2.27.